The SMILES string of the molecule is CC(=O)O.NCCCOc1cc(Cl)ccc1C(=O)NCCc1nc(N)n[nH]1. The maximum atomic E-state index is 12.3. The minimum atomic E-state index is -0.833. The molecule has 2 rings (SSSR count). The summed E-state index contributed by atoms with van der Waals surface area (Å²) in [5, 5.41) is 17.1. The number of anilines is 1. The number of carboxylic acid groups (broad SMARTS) is 1. The zero-order chi connectivity index (χ0) is 20.2. The Hall–Kier alpha value is -2.85. The van der Waals surface area contributed by atoms with Gasteiger partial charge in [-0.25, -0.2) is 0 Å². The largest absolute Gasteiger partial charge is 0.493 e. The molecular formula is C16H23ClN6O4. The zero-order valence-corrected chi connectivity index (χ0v) is 15.6. The van der Waals surface area contributed by atoms with Crippen molar-refractivity contribution in [3.63, 3.8) is 0 Å². The van der Waals surface area contributed by atoms with E-state index in [1.807, 2.05) is 0 Å². The molecule has 0 saturated carbocycles. The van der Waals surface area contributed by atoms with Gasteiger partial charge >= 0.3 is 0 Å². The minimum absolute atomic E-state index is 0.180. The summed E-state index contributed by atoms with van der Waals surface area (Å²) in [5.74, 6) is 0.141. The van der Waals surface area contributed by atoms with Gasteiger partial charge in [-0.2, -0.15) is 4.98 Å². The molecule has 0 atom stereocenters. The highest BCUT2D eigenvalue weighted by Crippen LogP contribution is 2.23. The number of nitrogens with zero attached hydrogens (tertiary/aromatic N) is 2. The summed E-state index contributed by atoms with van der Waals surface area (Å²) in [4.78, 5) is 25.2. The number of hydrogen-bond donors (Lipinski definition) is 5. The van der Waals surface area contributed by atoms with Crippen molar-refractivity contribution >= 4 is 29.4 Å². The Morgan fingerprint density at radius 1 is 1.41 bits per heavy atom. The van der Waals surface area contributed by atoms with E-state index in [0.717, 1.165) is 6.92 Å². The smallest absolute Gasteiger partial charge is 0.300 e. The van der Waals surface area contributed by atoms with Gasteiger partial charge in [0, 0.05) is 24.9 Å². The molecule has 0 aliphatic heterocycles. The first-order valence-electron chi connectivity index (χ1n) is 8.10. The molecule has 0 bridgehead atoms. The summed E-state index contributed by atoms with van der Waals surface area (Å²) in [5.41, 5.74) is 11.3. The number of carboxylic acids is 1. The quantitative estimate of drug-likeness (QED) is 0.407. The lowest BCUT2D eigenvalue weighted by Gasteiger charge is -2.11. The predicted octanol–water partition coefficient (Wildman–Crippen LogP) is 0.831. The molecule has 7 N–H and O–H groups in total. The molecule has 0 unspecified atom stereocenters. The number of amides is 1. The fraction of sp³-hybridized carbons (Fsp3) is 0.375. The van der Waals surface area contributed by atoms with Crippen molar-refractivity contribution in [2.75, 3.05) is 25.4 Å². The lowest BCUT2D eigenvalue weighted by molar-refractivity contribution is -0.134. The molecule has 11 heteroatoms. The van der Waals surface area contributed by atoms with Gasteiger partial charge in [0.25, 0.3) is 11.9 Å². The minimum Gasteiger partial charge on any atom is -0.493 e. The molecule has 0 fully saturated rings. The second kappa shape index (κ2) is 11.7. The van der Waals surface area contributed by atoms with Gasteiger partial charge in [0.1, 0.15) is 11.6 Å². The van der Waals surface area contributed by atoms with E-state index in [0.29, 0.717) is 54.7 Å². The Morgan fingerprint density at radius 3 is 2.70 bits per heavy atom. The van der Waals surface area contributed by atoms with Gasteiger partial charge in [-0.3, -0.25) is 14.7 Å². The van der Waals surface area contributed by atoms with Crippen LogP contribution in [0.3, 0.4) is 0 Å². The number of nitrogens with one attached hydrogen (secondary N) is 2. The molecule has 1 aromatic heterocycles. The van der Waals surface area contributed by atoms with Crippen molar-refractivity contribution < 1.29 is 19.4 Å². The highest BCUT2D eigenvalue weighted by molar-refractivity contribution is 6.30. The summed E-state index contributed by atoms with van der Waals surface area (Å²) in [7, 11) is 0. The first kappa shape index (κ1) is 22.2. The summed E-state index contributed by atoms with van der Waals surface area (Å²) >= 11 is 5.95. The Bertz CT molecular complexity index is 748. The number of hydrogen-bond acceptors (Lipinski definition) is 7. The predicted molar refractivity (Wildman–Crippen MR) is 101 cm³/mol. The summed E-state index contributed by atoms with van der Waals surface area (Å²) < 4.78 is 5.58. The molecule has 0 aliphatic carbocycles. The van der Waals surface area contributed by atoms with Gasteiger partial charge in [-0.15, -0.1) is 5.10 Å². The van der Waals surface area contributed by atoms with E-state index >= 15 is 0 Å². The van der Waals surface area contributed by atoms with Gasteiger partial charge in [-0.05, 0) is 31.2 Å². The van der Waals surface area contributed by atoms with E-state index in [2.05, 4.69) is 20.5 Å². The Balaban J connectivity index is 0.000000828. The lowest BCUT2D eigenvalue weighted by Crippen LogP contribution is -2.26. The van der Waals surface area contributed by atoms with Crippen molar-refractivity contribution in [2.24, 2.45) is 5.73 Å². The first-order valence-corrected chi connectivity index (χ1v) is 8.48. The van der Waals surface area contributed by atoms with Crippen LogP contribution in [0.4, 0.5) is 5.95 Å². The van der Waals surface area contributed by atoms with E-state index < -0.39 is 5.97 Å². The van der Waals surface area contributed by atoms with E-state index in [1.54, 1.807) is 18.2 Å². The molecule has 0 aliphatic rings. The van der Waals surface area contributed by atoms with Crippen molar-refractivity contribution in [3.05, 3.63) is 34.6 Å². The number of rotatable bonds is 8. The second-order valence-corrected chi connectivity index (χ2v) is 5.73. The van der Waals surface area contributed by atoms with Gasteiger partial charge in [0.2, 0.25) is 5.95 Å². The number of nitrogen functional groups attached to an aromatic ring is 1. The third kappa shape index (κ3) is 8.88. The van der Waals surface area contributed by atoms with Crippen LogP contribution < -0.4 is 21.5 Å². The first-order chi connectivity index (χ1) is 12.8. The molecule has 148 valence electrons. The Labute approximate surface area is 161 Å². The van der Waals surface area contributed by atoms with Crippen LogP contribution in [0.15, 0.2) is 18.2 Å². The van der Waals surface area contributed by atoms with Crippen LogP contribution in [0.2, 0.25) is 5.02 Å². The number of H-pyrrole nitrogens is 1. The molecule has 2 aromatic rings. The van der Waals surface area contributed by atoms with Crippen LogP contribution >= 0.6 is 11.6 Å². The molecule has 27 heavy (non-hydrogen) atoms. The summed E-state index contributed by atoms with van der Waals surface area (Å²) in [6.45, 7) is 2.41. The number of nitrogens with two attached hydrogens (primary N) is 2. The van der Waals surface area contributed by atoms with Crippen molar-refractivity contribution in [1.29, 1.82) is 0 Å². The third-order valence-electron chi connectivity index (χ3n) is 2.99. The normalized spacial score (nSPS) is 9.89. The Morgan fingerprint density at radius 2 is 2.11 bits per heavy atom. The molecular weight excluding hydrogens is 376 g/mol. The van der Waals surface area contributed by atoms with Gasteiger partial charge < -0.3 is 26.6 Å². The number of aliphatic carboxylic acids is 1. The number of ether oxygens (including phenoxy) is 1. The average molecular weight is 399 g/mol. The van der Waals surface area contributed by atoms with E-state index in [1.165, 1.54) is 0 Å². The van der Waals surface area contributed by atoms with Crippen LogP contribution in [0.5, 0.6) is 5.75 Å². The van der Waals surface area contributed by atoms with E-state index in [4.69, 9.17) is 37.7 Å². The topological polar surface area (TPSA) is 169 Å². The highest BCUT2D eigenvalue weighted by atomic mass is 35.5. The zero-order valence-electron chi connectivity index (χ0n) is 14.9. The maximum Gasteiger partial charge on any atom is 0.300 e. The molecule has 0 saturated heterocycles. The number of benzene rings is 1. The summed E-state index contributed by atoms with van der Waals surface area (Å²) in [6.07, 6.45) is 1.19. The van der Waals surface area contributed by atoms with Crippen LogP contribution in [0.1, 0.15) is 29.5 Å². The number of aromatic amines is 1. The third-order valence-corrected chi connectivity index (χ3v) is 3.23. The van der Waals surface area contributed by atoms with Crippen molar-refractivity contribution in [2.45, 2.75) is 19.8 Å². The molecule has 10 nitrogen and oxygen atoms in total. The number of aromatic nitrogens is 3. The number of halogens is 1. The summed E-state index contributed by atoms with van der Waals surface area (Å²) in [6, 6.07) is 4.88. The van der Waals surface area contributed by atoms with Gasteiger partial charge in [-0.1, -0.05) is 11.6 Å². The standard InChI is InChI=1S/C14H19ClN6O2.C2H4O2/c15-9-2-3-10(11(8-9)23-7-1-5-16)13(22)18-6-4-12-19-14(17)21-20-12;1-2(3)4/h2-3,8H,1,4-7,16H2,(H,18,22)(H3,17,19,20,21);1H3,(H,3,4). The van der Waals surface area contributed by atoms with Crippen LogP contribution in [-0.2, 0) is 11.2 Å². The van der Waals surface area contributed by atoms with Crippen LogP contribution in [0, 0.1) is 0 Å². The van der Waals surface area contributed by atoms with Gasteiger partial charge in [0.15, 0.2) is 0 Å². The lowest BCUT2D eigenvalue weighted by atomic mass is 10.2. The fourth-order valence-electron chi connectivity index (χ4n) is 1.88. The molecule has 0 radical (unpaired) electrons. The maximum absolute atomic E-state index is 12.3. The number of carbonyl (C=O) groups is 2. The average Bonchev–Trinajstić information content (AvgIpc) is 3.00. The Kier molecular flexibility index (Phi) is 9.62. The van der Waals surface area contributed by atoms with Gasteiger partial charge in [0.05, 0.1) is 12.2 Å². The molecule has 0 spiro atoms. The fourth-order valence-corrected chi connectivity index (χ4v) is 2.04. The van der Waals surface area contributed by atoms with Crippen molar-refractivity contribution in [3.8, 4) is 5.75 Å². The van der Waals surface area contributed by atoms with E-state index in [-0.39, 0.29) is 11.9 Å². The van der Waals surface area contributed by atoms with Crippen molar-refractivity contribution in [1.82, 2.24) is 20.5 Å². The molecule has 1 aromatic carbocycles. The number of carbonyl (C=O) groups excluding carboxylic acids is 1. The molecule has 1 amide bonds. The van der Waals surface area contributed by atoms with Crippen LogP contribution in [-0.4, -0.2) is 51.9 Å². The van der Waals surface area contributed by atoms with Crippen LogP contribution in [0.25, 0.3) is 0 Å². The molecule has 1 heterocycles. The second-order valence-electron chi connectivity index (χ2n) is 5.30. The highest BCUT2D eigenvalue weighted by Gasteiger charge is 2.13. The van der Waals surface area contributed by atoms with E-state index in [9.17, 15) is 4.79 Å². The monoisotopic (exact) mass is 398 g/mol.